The third-order valence-electron chi connectivity index (χ3n) is 3.06. The molecule has 0 aromatic heterocycles. The minimum Gasteiger partial charge on any atom is -0.460 e. The number of hydrogen-bond donors (Lipinski definition) is 1. The summed E-state index contributed by atoms with van der Waals surface area (Å²) in [5.41, 5.74) is -0.536. The number of hydrogen-bond acceptors (Lipinski definition) is 4. The molecule has 1 rings (SSSR count). The minimum absolute atomic E-state index is 0.105. The molecule has 0 saturated carbocycles. The molecule has 19 heavy (non-hydrogen) atoms. The minimum atomic E-state index is -0.536. The molecule has 0 bridgehead atoms. The summed E-state index contributed by atoms with van der Waals surface area (Å²) in [6.07, 6.45) is -0.103. The number of amides is 1. The van der Waals surface area contributed by atoms with Crippen molar-refractivity contribution in [2.24, 2.45) is 11.8 Å². The summed E-state index contributed by atoms with van der Waals surface area (Å²) < 4.78 is 10.6. The van der Waals surface area contributed by atoms with Crippen molar-refractivity contribution in [2.75, 3.05) is 0 Å². The first kappa shape index (κ1) is 15.8. The Morgan fingerprint density at radius 1 is 1.42 bits per heavy atom. The lowest BCUT2D eigenvalue weighted by atomic mass is 9.94. The normalized spacial score (nSPS) is 25.1. The van der Waals surface area contributed by atoms with Crippen LogP contribution in [0.3, 0.4) is 0 Å². The Morgan fingerprint density at radius 2 is 2.00 bits per heavy atom. The Bertz CT molecular complexity index is 346. The summed E-state index contributed by atoms with van der Waals surface area (Å²) >= 11 is 0. The van der Waals surface area contributed by atoms with E-state index in [9.17, 15) is 9.59 Å². The van der Waals surface area contributed by atoms with Crippen molar-refractivity contribution in [1.29, 1.82) is 0 Å². The van der Waals surface area contributed by atoms with Gasteiger partial charge in [0.25, 0.3) is 0 Å². The zero-order valence-electron chi connectivity index (χ0n) is 12.6. The fourth-order valence-corrected chi connectivity index (χ4v) is 2.11. The highest BCUT2D eigenvalue weighted by molar-refractivity contribution is 5.74. The molecule has 1 aliphatic heterocycles. The van der Waals surface area contributed by atoms with Gasteiger partial charge in [-0.2, -0.15) is 0 Å². The molecule has 0 aromatic rings. The molecular formula is C14H25NO4. The van der Waals surface area contributed by atoms with E-state index in [1.807, 2.05) is 41.5 Å². The van der Waals surface area contributed by atoms with Gasteiger partial charge in [-0.05, 0) is 33.1 Å². The average Bonchev–Trinajstić information content (AvgIpc) is 2.52. The third-order valence-corrected chi connectivity index (χ3v) is 3.06. The topological polar surface area (TPSA) is 64.6 Å². The molecule has 3 atom stereocenters. The van der Waals surface area contributed by atoms with Gasteiger partial charge in [0.05, 0.1) is 12.0 Å². The van der Waals surface area contributed by atoms with Crippen molar-refractivity contribution in [3.05, 3.63) is 0 Å². The summed E-state index contributed by atoms with van der Waals surface area (Å²) in [5.74, 6) is -0.135. The number of nitrogens with one attached hydrogen (secondary N) is 1. The van der Waals surface area contributed by atoms with Gasteiger partial charge in [-0.25, -0.2) is 4.79 Å². The molecule has 1 aliphatic rings. The molecular weight excluding hydrogens is 246 g/mol. The van der Waals surface area contributed by atoms with Gasteiger partial charge < -0.3 is 14.8 Å². The molecule has 5 nitrogen and oxygen atoms in total. The van der Waals surface area contributed by atoms with Crippen LogP contribution in [-0.2, 0) is 14.3 Å². The number of rotatable bonds is 3. The van der Waals surface area contributed by atoms with Crippen LogP contribution in [0.2, 0.25) is 0 Å². The lowest BCUT2D eigenvalue weighted by Gasteiger charge is -2.28. The number of cyclic esters (lactones) is 1. The second-order valence-corrected chi connectivity index (χ2v) is 6.53. The van der Waals surface area contributed by atoms with Crippen molar-refractivity contribution >= 4 is 12.1 Å². The highest BCUT2D eigenvalue weighted by Gasteiger charge is 2.38. The van der Waals surface area contributed by atoms with E-state index in [0.717, 1.165) is 0 Å². The highest BCUT2D eigenvalue weighted by atomic mass is 16.6. The second kappa shape index (κ2) is 5.80. The third kappa shape index (κ3) is 4.73. The lowest BCUT2D eigenvalue weighted by molar-refractivity contribution is -0.145. The molecule has 0 spiro atoms. The number of alkyl carbamates (subject to hydrolysis) is 1. The first-order valence-electron chi connectivity index (χ1n) is 6.80. The predicted octanol–water partition coefficient (Wildman–Crippen LogP) is 2.49. The van der Waals surface area contributed by atoms with E-state index in [0.29, 0.717) is 6.42 Å². The van der Waals surface area contributed by atoms with Crippen molar-refractivity contribution in [3.63, 3.8) is 0 Å². The lowest BCUT2D eigenvalue weighted by Crippen LogP contribution is -2.48. The summed E-state index contributed by atoms with van der Waals surface area (Å²) in [6, 6.07) is -0.219. The van der Waals surface area contributed by atoms with Crippen LogP contribution in [0.1, 0.15) is 48.0 Å². The Hall–Kier alpha value is -1.26. The SMILES string of the molecule is CC(C)[C@H](NC(=O)OC(C)(C)C)[C@H]1C[C@H](C)C(=O)O1. The summed E-state index contributed by atoms with van der Waals surface area (Å²) in [4.78, 5) is 23.3. The van der Waals surface area contributed by atoms with E-state index in [2.05, 4.69) is 5.32 Å². The largest absolute Gasteiger partial charge is 0.460 e. The monoisotopic (exact) mass is 271 g/mol. The molecule has 1 saturated heterocycles. The van der Waals surface area contributed by atoms with Crippen molar-refractivity contribution < 1.29 is 19.1 Å². The Morgan fingerprint density at radius 3 is 2.37 bits per heavy atom. The Balaban J connectivity index is 2.64. The second-order valence-electron chi connectivity index (χ2n) is 6.53. The van der Waals surface area contributed by atoms with E-state index >= 15 is 0 Å². The van der Waals surface area contributed by atoms with Gasteiger partial charge in [-0.1, -0.05) is 20.8 Å². The van der Waals surface area contributed by atoms with Crippen LogP contribution < -0.4 is 5.32 Å². The van der Waals surface area contributed by atoms with Crippen LogP contribution in [0.25, 0.3) is 0 Å². The smallest absolute Gasteiger partial charge is 0.408 e. The average molecular weight is 271 g/mol. The maximum Gasteiger partial charge on any atom is 0.408 e. The molecule has 0 aliphatic carbocycles. The van der Waals surface area contributed by atoms with Gasteiger partial charge in [0.2, 0.25) is 0 Å². The Kier molecular flexibility index (Phi) is 4.82. The first-order valence-corrected chi connectivity index (χ1v) is 6.80. The predicted molar refractivity (Wildman–Crippen MR) is 71.7 cm³/mol. The zero-order valence-corrected chi connectivity index (χ0v) is 12.6. The van der Waals surface area contributed by atoms with Gasteiger partial charge in [0, 0.05) is 0 Å². The van der Waals surface area contributed by atoms with Crippen molar-refractivity contribution in [1.82, 2.24) is 5.32 Å². The maximum absolute atomic E-state index is 11.8. The number of esters is 1. The first-order chi connectivity index (χ1) is 8.60. The fourth-order valence-electron chi connectivity index (χ4n) is 2.11. The zero-order chi connectivity index (χ0) is 14.8. The fraction of sp³-hybridized carbons (Fsp3) is 0.857. The van der Waals surface area contributed by atoms with Crippen LogP contribution in [-0.4, -0.2) is 29.8 Å². The Labute approximate surface area is 115 Å². The van der Waals surface area contributed by atoms with Gasteiger partial charge in [-0.3, -0.25) is 4.79 Å². The van der Waals surface area contributed by atoms with Crippen LogP contribution in [0.5, 0.6) is 0 Å². The van der Waals surface area contributed by atoms with Crippen LogP contribution in [0, 0.1) is 11.8 Å². The van der Waals surface area contributed by atoms with E-state index in [4.69, 9.17) is 9.47 Å². The number of carbonyl (C=O) groups is 2. The standard InChI is InChI=1S/C14H25NO4/c1-8(2)11(10-7-9(3)12(16)18-10)15-13(17)19-14(4,5)6/h8-11H,7H2,1-6H3,(H,15,17)/t9-,10+,11-/m0/s1. The van der Waals surface area contributed by atoms with Crippen LogP contribution in [0.4, 0.5) is 4.79 Å². The number of ether oxygens (including phenoxy) is 2. The van der Waals surface area contributed by atoms with Crippen molar-refractivity contribution in [3.8, 4) is 0 Å². The van der Waals surface area contributed by atoms with Gasteiger partial charge >= 0.3 is 12.1 Å². The molecule has 0 aromatic carbocycles. The number of carbonyl (C=O) groups excluding carboxylic acids is 2. The van der Waals surface area contributed by atoms with Crippen LogP contribution in [0.15, 0.2) is 0 Å². The molecule has 1 fully saturated rings. The van der Waals surface area contributed by atoms with Gasteiger partial charge in [-0.15, -0.1) is 0 Å². The molecule has 1 amide bonds. The van der Waals surface area contributed by atoms with E-state index in [1.165, 1.54) is 0 Å². The molecule has 1 heterocycles. The molecule has 5 heteroatoms. The molecule has 0 radical (unpaired) electrons. The summed E-state index contributed by atoms with van der Waals surface area (Å²) in [7, 11) is 0. The van der Waals surface area contributed by atoms with E-state index < -0.39 is 11.7 Å². The summed E-state index contributed by atoms with van der Waals surface area (Å²) in [6.45, 7) is 11.3. The summed E-state index contributed by atoms with van der Waals surface area (Å²) in [5, 5.41) is 2.82. The highest BCUT2D eigenvalue weighted by Crippen LogP contribution is 2.26. The molecule has 110 valence electrons. The van der Waals surface area contributed by atoms with E-state index in [-0.39, 0.29) is 30.0 Å². The van der Waals surface area contributed by atoms with Gasteiger partial charge in [0.1, 0.15) is 11.7 Å². The maximum atomic E-state index is 11.8. The quantitative estimate of drug-likeness (QED) is 0.801. The molecule has 1 N–H and O–H groups in total. The van der Waals surface area contributed by atoms with Gasteiger partial charge in [0.15, 0.2) is 0 Å². The van der Waals surface area contributed by atoms with Crippen molar-refractivity contribution in [2.45, 2.75) is 65.7 Å². The van der Waals surface area contributed by atoms with E-state index in [1.54, 1.807) is 0 Å². The van der Waals surface area contributed by atoms with Crippen LogP contribution >= 0.6 is 0 Å². The molecule has 0 unspecified atom stereocenters.